The molecule has 0 unspecified atom stereocenters. The minimum Gasteiger partial charge on any atom is -0.345 e. The van der Waals surface area contributed by atoms with E-state index in [9.17, 15) is 4.39 Å². The number of aromatic amines is 1. The number of aryl methyl sites for hydroxylation is 1. The van der Waals surface area contributed by atoms with Gasteiger partial charge in [0.15, 0.2) is 5.82 Å². The van der Waals surface area contributed by atoms with Crippen molar-refractivity contribution in [3.8, 4) is 0 Å². The van der Waals surface area contributed by atoms with Crippen LogP contribution < -0.4 is 4.72 Å². The Morgan fingerprint density at radius 3 is 2.51 bits per heavy atom. The molecule has 3 heterocycles. The lowest BCUT2D eigenvalue weighted by Crippen LogP contribution is -2.19. The van der Waals surface area contributed by atoms with Crippen LogP contribution in [0.15, 0.2) is 78.3 Å². The zero-order valence-electron chi connectivity index (χ0n) is 23.2. The highest BCUT2D eigenvalue weighted by atomic mass is 33.5. The Kier molecular flexibility index (Phi) is 11.2. The minimum absolute atomic E-state index is 0.186. The highest BCUT2D eigenvalue weighted by molar-refractivity contribution is 9.18. The number of halogens is 4. The second-order valence-electron chi connectivity index (χ2n) is 8.67. The van der Waals surface area contributed by atoms with Crippen molar-refractivity contribution in [3.05, 3.63) is 108 Å². The molecule has 3 aromatic rings. The number of nitrogens with one attached hydrogen (secondary N) is 2. The third kappa shape index (κ3) is 7.04. The van der Waals surface area contributed by atoms with Crippen molar-refractivity contribution in [3.63, 3.8) is 0 Å². The Labute approximate surface area is 249 Å². The van der Waals surface area contributed by atoms with E-state index in [0.29, 0.717) is 28.5 Å². The number of rotatable bonds is 9. The second kappa shape index (κ2) is 14.2. The third-order valence-corrected chi connectivity index (χ3v) is 9.34. The first-order valence-corrected chi connectivity index (χ1v) is 16.7. The normalized spacial score (nSPS) is 14.9. The standard InChI is InChI=1S/C27H27F4N5S3.C2H6/c1-4-6-7-18(27-32-12-13-33-27)22-11-8-19(26(31)36(22)5-2)24-20(29)9-10-21(25(24)30)35-39(37,38)23-14-17(28)15-34-16(23)3;1-2/h5,8-15,35,37-38H,2,4,6-7H2,1,3H3,(H,32,33);1-2H3/b22-18+;. The van der Waals surface area contributed by atoms with Crippen LogP contribution in [-0.2, 0) is 0 Å². The predicted octanol–water partition coefficient (Wildman–Crippen LogP) is 9.69. The molecule has 1 aliphatic rings. The molecule has 1 aromatic carbocycles. The van der Waals surface area contributed by atoms with Gasteiger partial charge >= 0.3 is 0 Å². The van der Waals surface area contributed by atoms with Crippen molar-refractivity contribution in [1.29, 1.82) is 0 Å². The van der Waals surface area contributed by atoms with Crippen LogP contribution in [0.1, 0.15) is 57.1 Å². The summed E-state index contributed by atoms with van der Waals surface area (Å²) in [5.74, 6) is -2.97. The molecule has 41 heavy (non-hydrogen) atoms. The van der Waals surface area contributed by atoms with E-state index >= 15 is 13.2 Å². The van der Waals surface area contributed by atoms with Gasteiger partial charge in [-0.05, 0) is 58.4 Å². The van der Waals surface area contributed by atoms with Gasteiger partial charge in [-0.3, -0.25) is 9.88 Å². The van der Waals surface area contributed by atoms with Gasteiger partial charge in [0, 0.05) is 34.6 Å². The highest BCUT2D eigenvalue weighted by Crippen LogP contribution is 2.64. The average molecular weight is 624 g/mol. The Morgan fingerprint density at radius 1 is 1.15 bits per heavy atom. The molecule has 0 radical (unpaired) electrons. The number of thiol groups is 2. The molecule has 1 aliphatic heterocycles. The van der Waals surface area contributed by atoms with E-state index < -0.39 is 37.2 Å². The topological polar surface area (TPSA) is 56.8 Å². The number of pyridine rings is 1. The minimum atomic E-state index is -2.63. The maximum Gasteiger partial charge on any atom is 0.206 e. The smallest absolute Gasteiger partial charge is 0.206 e. The molecule has 5 nitrogen and oxygen atoms in total. The van der Waals surface area contributed by atoms with Crippen LogP contribution in [0.25, 0.3) is 11.1 Å². The van der Waals surface area contributed by atoms with Crippen LogP contribution in [0.2, 0.25) is 0 Å². The first-order chi connectivity index (χ1) is 19.6. The van der Waals surface area contributed by atoms with E-state index in [0.717, 1.165) is 41.6 Å². The van der Waals surface area contributed by atoms with Crippen molar-refractivity contribution >= 4 is 48.4 Å². The first kappa shape index (κ1) is 32.4. The van der Waals surface area contributed by atoms with Crippen LogP contribution >= 0.6 is 31.6 Å². The van der Waals surface area contributed by atoms with Crippen molar-refractivity contribution in [2.24, 2.45) is 0 Å². The molecular formula is C29H33F4N5S3. The summed E-state index contributed by atoms with van der Waals surface area (Å²) < 4.78 is 63.6. The van der Waals surface area contributed by atoms with Gasteiger partial charge in [0.2, 0.25) is 5.95 Å². The van der Waals surface area contributed by atoms with Gasteiger partial charge in [0.1, 0.15) is 17.5 Å². The maximum atomic E-state index is 16.0. The maximum absolute atomic E-state index is 16.0. The van der Waals surface area contributed by atoms with Crippen molar-refractivity contribution in [2.75, 3.05) is 4.72 Å². The molecule has 2 aromatic heterocycles. The van der Waals surface area contributed by atoms with Gasteiger partial charge in [-0.1, -0.05) is 57.1 Å². The van der Waals surface area contributed by atoms with Crippen LogP contribution in [0.4, 0.5) is 23.2 Å². The zero-order valence-corrected chi connectivity index (χ0v) is 25.8. The van der Waals surface area contributed by atoms with Gasteiger partial charge < -0.3 is 9.71 Å². The third-order valence-electron chi connectivity index (χ3n) is 6.08. The first-order valence-electron chi connectivity index (χ1n) is 13.0. The highest BCUT2D eigenvalue weighted by Gasteiger charge is 2.29. The summed E-state index contributed by atoms with van der Waals surface area (Å²) in [5, 5.41) is 0. The molecule has 0 saturated heterocycles. The fourth-order valence-corrected chi connectivity index (χ4v) is 7.19. The second-order valence-corrected chi connectivity index (χ2v) is 14.6. The monoisotopic (exact) mass is 623 g/mol. The predicted molar refractivity (Wildman–Crippen MR) is 168 cm³/mol. The summed E-state index contributed by atoms with van der Waals surface area (Å²) in [4.78, 5) is 12.8. The van der Waals surface area contributed by atoms with Crippen LogP contribution in [0.3, 0.4) is 0 Å². The molecule has 0 bridgehead atoms. The number of unbranched alkanes of at least 4 members (excludes halogenated alkanes) is 1. The van der Waals surface area contributed by atoms with E-state index in [2.05, 4.69) is 49.6 Å². The number of imidazole rings is 1. The van der Waals surface area contributed by atoms with Crippen molar-refractivity contribution in [1.82, 2.24) is 19.9 Å². The SMILES string of the molecule is C=CN1C(F)=C(c2c(F)ccc(NS(S)(S)c3cc(F)cnc3C)c2F)C=C/C1=C(/CCCC)c1ncc[nH]1.CC. The zero-order chi connectivity index (χ0) is 30.3. The Hall–Kier alpha value is -3.09. The molecule has 0 spiro atoms. The summed E-state index contributed by atoms with van der Waals surface area (Å²) >= 11 is 9.02. The van der Waals surface area contributed by atoms with E-state index in [-0.39, 0.29) is 11.3 Å². The van der Waals surface area contributed by atoms with Gasteiger partial charge in [0.05, 0.1) is 28.8 Å². The Morgan fingerprint density at radius 2 is 1.88 bits per heavy atom. The van der Waals surface area contributed by atoms with Gasteiger partial charge in [-0.2, -0.15) is 4.39 Å². The molecule has 0 aliphatic carbocycles. The fourth-order valence-electron chi connectivity index (χ4n) is 4.17. The van der Waals surface area contributed by atoms with Gasteiger partial charge in [0.25, 0.3) is 0 Å². The van der Waals surface area contributed by atoms with E-state index in [1.165, 1.54) is 18.3 Å². The van der Waals surface area contributed by atoms with Gasteiger partial charge in [-0.25, -0.2) is 18.2 Å². The average Bonchev–Trinajstić information content (AvgIpc) is 3.49. The number of benzene rings is 1. The van der Waals surface area contributed by atoms with E-state index in [4.69, 9.17) is 0 Å². The summed E-state index contributed by atoms with van der Waals surface area (Å²) in [6, 6.07) is 3.37. The number of anilines is 1. The molecule has 0 fully saturated rings. The van der Waals surface area contributed by atoms with Crippen molar-refractivity contribution < 1.29 is 17.6 Å². The summed E-state index contributed by atoms with van der Waals surface area (Å²) in [5.41, 5.74) is 0.545. The molecular weight excluding hydrogens is 591 g/mol. The van der Waals surface area contributed by atoms with Crippen molar-refractivity contribution in [2.45, 2.75) is 51.9 Å². The Balaban J connectivity index is 0.00000226. The van der Waals surface area contributed by atoms with Gasteiger partial charge in [-0.15, -0.1) is 0 Å². The lowest BCUT2D eigenvalue weighted by molar-refractivity contribution is 0.421. The molecule has 220 valence electrons. The number of nitrogens with zero attached hydrogens (tertiary/aromatic N) is 3. The summed E-state index contributed by atoms with van der Waals surface area (Å²) in [7, 11) is -2.63. The number of hydrogen-bond donors (Lipinski definition) is 4. The van der Waals surface area contributed by atoms with Crippen LogP contribution in [0.5, 0.6) is 0 Å². The lowest BCUT2D eigenvalue weighted by Gasteiger charge is -2.32. The lowest BCUT2D eigenvalue weighted by atomic mass is 9.98. The molecule has 0 atom stereocenters. The summed E-state index contributed by atoms with van der Waals surface area (Å²) in [6.07, 6.45) is 10.8. The summed E-state index contributed by atoms with van der Waals surface area (Å²) in [6.45, 7) is 11.4. The quantitative estimate of drug-likeness (QED) is 0.0830. The fraction of sp³-hybridized carbons (Fsp3) is 0.241. The molecule has 0 amide bonds. The van der Waals surface area contributed by atoms with Crippen LogP contribution in [0, 0.1) is 24.4 Å². The number of H-pyrrole nitrogens is 1. The number of allylic oxidation sites excluding steroid dienone is 4. The Bertz CT molecular complexity index is 1480. The number of aromatic nitrogens is 3. The largest absolute Gasteiger partial charge is 0.345 e. The van der Waals surface area contributed by atoms with E-state index in [1.807, 2.05) is 20.8 Å². The molecule has 12 heteroatoms. The molecule has 0 saturated carbocycles. The number of hydrogen-bond acceptors (Lipinski definition) is 6. The molecule has 2 N–H and O–H groups in total. The van der Waals surface area contributed by atoms with E-state index in [1.54, 1.807) is 25.4 Å². The molecule has 4 rings (SSSR count). The van der Waals surface area contributed by atoms with Crippen LogP contribution in [-0.4, -0.2) is 19.9 Å².